The molecule has 18 heavy (non-hydrogen) atoms. The van der Waals surface area contributed by atoms with Crippen LogP contribution in [0.15, 0.2) is 18.2 Å². The number of hydrogen-bond acceptors (Lipinski definition) is 3. The van der Waals surface area contributed by atoms with E-state index in [1.807, 2.05) is 6.92 Å². The van der Waals surface area contributed by atoms with Crippen molar-refractivity contribution in [2.24, 2.45) is 0 Å². The maximum atomic E-state index is 13.5. The fourth-order valence-corrected chi connectivity index (χ4v) is 1.39. The molecule has 100 valence electrons. The summed E-state index contributed by atoms with van der Waals surface area (Å²) in [6.07, 6.45) is 0.577. The Morgan fingerprint density at radius 3 is 2.67 bits per heavy atom. The maximum Gasteiger partial charge on any atom is 0.251 e. The summed E-state index contributed by atoms with van der Waals surface area (Å²) >= 11 is 0. The minimum absolute atomic E-state index is 0.0898. The Morgan fingerprint density at radius 1 is 1.56 bits per heavy atom. The highest BCUT2D eigenvalue weighted by Gasteiger charge is 2.24. The molecule has 0 aliphatic carbocycles. The molecule has 0 fully saturated rings. The molecular formula is C13H18FNO3. The second kappa shape index (κ2) is 5.82. The van der Waals surface area contributed by atoms with E-state index >= 15 is 0 Å². The second-order valence-corrected chi connectivity index (χ2v) is 4.38. The molecule has 0 radical (unpaired) electrons. The topological polar surface area (TPSA) is 58.6 Å². The summed E-state index contributed by atoms with van der Waals surface area (Å²) < 4.78 is 18.2. The van der Waals surface area contributed by atoms with Crippen molar-refractivity contribution in [3.05, 3.63) is 29.6 Å². The van der Waals surface area contributed by atoms with Gasteiger partial charge in [-0.25, -0.2) is 4.39 Å². The van der Waals surface area contributed by atoms with Crippen molar-refractivity contribution < 1.29 is 19.0 Å². The normalized spacial score (nSPS) is 13.8. The Labute approximate surface area is 106 Å². The first-order valence-corrected chi connectivity index (χ1v) is 5.72. The number of nitrogens with one attached hydrogen (secondary N) is 1. The van der Waals surface area contributed by atoms with Crippen molar-refractivity contribution in [1.29, 1.82) is 0 Å². The second-order valence-electron chi connectivity index (χ2n) is 4.38. The lowest BCUT2D eigenvalue weighted by Crippen LogP contribution is -2.48. The van der Waals surface area contributed by atoms with Crippen LogP contribution in [0.25, 0.3) is 0 Å². The van der Waals surface area contributed by atoms with Gasteiger partial charge in [-0.3, -0.25) is 4.79 Å². The average molecular weight is 255 g/mol. The van der Waals surface area contributed by atoms with E-state index in [1.54, 1.807) is 6.92 Å². The van der Waals surface area contributed by atoms with Gasteiger partial charge in [-0.05, 0) is 31.5 Å². The van der Waals surface area contributed by atoms with E-state index in [1.165, 1.54) is 19.2 Å². The van der Waals surface area contributed by atoms with Crippen LogP contribution in [0, 0.1) is 5.82 Å². The maximum absolute atomic E-state index is 13.5. The minimum atomic E-state index is -0.701. The largest absolute Gasteiger partial charge is 0.494 e. The predicted octanol–water partition coefficient (Wildman–Crippen LogP) is 1.73. The molecule has 0 heterocycles. The van der Waals surface area contributed by atoms with Crippen LogP contribution in [-0.2, 0) is 0 Å². The molecule has 0 spiro atoms. The summed E-state index contributed by atoms with van der Waals surface area (Å²) in [6, 6.07) is 3.98. The van der Waals surface area contributed by atoms with E-state index in [0.29, 0.717) is 6.42 Å². The first kappa shape index (κ1) is 14.4. The van der Waals surface area contributed by atoms with Crippen LogP contribution in [-0.4, -0.2) is 30.3 Å². The van der Waals surface area contributed by atoms with E-state index in [-0.39, 0.29) is 17.9 Å². The first-order valence-electron chi connectivity index (χ1n) is 5.72. The number of ether oxygens (including phenoxy) is 1. The number of carbonyl (C=O) groups excluding carboxylic acids is 1. The van der Waals surface area contributed by atoms with Gasteiger partial charge in [0.1, 0.15) is 0 Å². The van der Waals surface area contributed by atoms with Crippen molar-refractivity contribution in [3.63, 3.8) is 0 Å². The third-order valence-corrected chi connectivity index (χ3v) is 2.96. The molecule has 4 nitrogen and oxygen atoms in total. The summed E-state index contributed by atoms with van der Waals surface area (Å²) in [5, 5.41) is 11.9. The van der Waals surface area contributed by atoms with E-state index in [9.17, 15) is 14.3 Å². The van der Waals surface area contributed by atoms with Crippen molar-refractivity contribution in [2.45, 2.75) is 25.8 Å². The van der Waals surface area contributed by atoms with Crippen LogP contribution >= 0.6 is 0 Å². The first-order chi connectivity index (χ1) is 8.45. The minimum Gasteiger partial charge on any atom is -0.494 e. The zero-order valence-corrected chi connectivity index (χ0v) is 10.8. The van der Waals surface area contributed by atoms with Gasteiger partial charge in [0.2, 0.25) is 0 Å². The van der Waals surface area contributed by atoms with Crippen LogP contribution in [0.3, 0.4) is 0 Å². The smallest absolute Gasteiger partial charge is 0.251 e. The molecule has 0 bridgehead atoms. The van der Waals surface area contributed by atoms with Crippen LogP contribution in [0.1, 0.15) is 30.6 Å². The van der Waals surface area contributed by atoms with Gasteiger partial charge in [0, 0.05) is 5.56 Å². The van der Waals surface area contributed by atoms with Gasteiger partial charge in [0.25, 0.3) is 5.91 Å². The number of rotatable bonds is 5. The molecule has 0 saturated heterocycles. The highest BCUT2D eigenvalue weighted by molar-refractivity contribution is 5.94. The van der Waals surface area contributed by atoms with Gasteiger partial charge in [-0.1, -0.05) is 6.92 Å². The van der Waals surface area contributed by atoms with E-state index < -0.39 is 17.3 Å². The summed E-state index contributed by atoms with van der Waals surface area (Å²) in [7, 11) is 1.36. The van der Waals surface area contributed by atoms with Gasteiger partial charge in [-0.15, -0.1) is 0 Å². The molecular weight excluding hydrogens is 237 g/mol. The molecule has 1 aromatic rings. The third kappa shape index (κ3) is 3.20. The van der Waals surface area contributed by atoms with Gasteiger partial charge in [-0.2, -0.15) is 0 Å². The lowest BCUT2D eigenvalue weighted by atomic mass is 9.99. The van der Waals surface area contributed by atoms with E-state index in [0.717, 1.165) is 6.07 Å². The molecule has 5 heteroatoms. The number of aliphatic hydroxyl groups excluding tert-OH is 1. The molecule has 1 amide bonds. The Kier molecular flexibility index (Phi) is 4.67. The Hall–Kier alpha value is -1.62. The number of aliphatic hydroxyl groups is 1. The lowest BCUT2D eigenvalue weighted by molar-refractivity contribution is 0.0847. The fraction of sp³-hybridized carbons (Fsp3) is 0.462. The molecule has 2 N–H and O–H groups in total. The molecule has 0 saturated carbocycles. The molecule has 0 aromatic heterocycles. The van der Waals surface area contributed by atoms with Crippen molar-refractivity contribution >= 4 is 5.91 Å². The van der Waals surface area contributed by atoms with Crippen molar-refractivity contribution in [1.82, 2.24) is 5.32 Å². The van der Waals surface area contributed by atoms with Gasteiger partial charge < -0.3 is 15.2 Å². The van der Waals surface area contributed by atoms with Crippen molar-refractivity contribution in [2.75, 3.05) is 13.7 Å². The van der Waals surface area contributed by atoms with Crippen LogP contribution in [0.5, 0.6) is 5.75 Å². The molecule has 1 unspecified atom stereocenters. The Balaban J connectivity index is 2.88. The fourth-order valence-electron chi connectivity index (χ4n) is 1.39. The quantitative estimate of drug-likeness (QED) is 0.842. The van der Waals surface area contributed by atoms with Gasteiger partial charge in [0.05, 0.1) is 19.3 Å². The third-order valence-electron chi connectivity index (χ3n) is 2.96. The van der Waals surface area contributed by atoms with Gasteiger partial charge >= 0.3 is 0 Å². The van der Waals surface area contributed by atoms with Crippen LogP contribution in [0.4, 0.5) is 4.39 Å². The number of halogens is 1. The zero-order chi connectivity index (χ0) is 13.8. The van der Waals surface area contributed by atoms with Crippen LogP contribution in [0.2, 0.25) is 0 Å². The molecule has 0 aliphatic heterocycles. The zero-order valence-electron chi connectivity index (χ0n) is 10.8. The summed E-state index contributed by atoms with van der Waals surface area (Å²) in [4.78, 5) is 11.9. The summed E-state index contributed by atoms with van der Waals surface area (Å²) in [5.41, 5.74) is -0.505. The number of hydrogen-bond donors (Lipinski definition) is 2. The molecule has 1 aromatic carbocycles. The Bertz CT molecular complexity index is 430. The lowest BCUT2D eigenvalue weighted by Gasteiger charge is -2.27. The number of amides is 1. The van der Waals surface area contributed by atoms with E-state index in [4.69, 9.17) is 4.74 Å². The standard InChI is InChI=1S/C13H18FNO3/c1-4-13(2,8-16)15-12(17)9-5-6-11(18-3)10(14)7-9/h5-7,16H,4,8H2,1-3H3,(H,15,17). The Morgan fingerprint density at radius 2 is 2.22 bits per heavy atom. The van der Waals surface area contributed by atoms with Gasteiger partial charge in [0.15, 0.2) is 11.6 Å². The molecule has 0 aliphatic rings. The highest BCUT2D eigenvalue weighted by atomic mass is 19.1. The van der Waals surface area contributed by atoms with E-state index in [2.05, 4.69) is 5.32 Å². The van der Waals surface area contributed by atoms with Crippen LogP contribution < -0.4 is 10.1 Å². The summed E-state index contributed by atoms with van der Waals surface area (Å²) in [6.45, 7) is 3.41. The monoisotopic (exact) mass is 255 g/mol. The predicted molar refractivity (Wildman–Crippen MR) is 66.2 cm³/mol. The SMILES string of the molecule is CCC(C)(CO)NC(=O)c1ccc(OC)c(F)c1. The number of carbonyl (C=O) groups is 1. The average Bonchev–Trinajstić information content (AvgIpc) is 2.38. The summed E-state index contributed by atoms with van der Waals surface area (Å²) in [5.74, 6) is -0.922. The molecule has 1 atom stereocenters. The molecule has 1 rings (SSSR count). The highest BCUT2D eigenvalue weighted by Crippen LogP contribution is 2.18. The number of benzene rings is 1. The number of methoxy groups -OCH3 is 1. The van der Waals surface area contributed by atoms with Crippen molar-refractivity contribution in [3.8, 4) is 5.75 Å².